The number of carbonyl (C=O) groups is 3. The Morgan fingerprint density at radius 3 is 2.62 bits per heavy atom. The van der Waals surface area contributed by atoms with Gasteiger partial charge in [0.1, 0.15) is 17.2 Å². The minimum Gasteiger partial charge on any atom is -0.459 e. The zero-order valence-corrected chi connectivity index (χ0v) is 23.0. The maximum atomic E-state index is 13.6. The third-order valence-electron chi connectivity index (χ3n) is 6.40. The fraction of sp³-hybridized carbons (Fsp3) is 0.250. The molecular formula is C28H27ClN4O6S. The summed E-state index contributed by atoms with van der Waals surface area (Å²) in [7, 11) is 0. The molecular weight excluding hydrogens is 556 g/mol. The summed E-state index contributed by atoms with van der Waals surface area (Å²) in [6.45, 7) is 0.893. The molecule has 0 aliphatic carbocycles. The van der Waals surface area contributed by atoms with Crippen LogP contribution < -0.4 is 16.0 Å². The zero-order valence-electron chi connectivity index (χ0n) is 21.4. The van der Waals surface area contributed by atoms with Gasteiger partial charge in [0.05, 0.1) is 12.2 Å². The highest BCUT2D eigenvalue weighted by molar-refractivity contribution is 7.18. The van der Waals surface area contributed by atoms with Crippen LogP contribution in [0.15, 0.2) is 72.8 Å². The molecule has 3 aromatic rings. The van der Waals surface area contributed by atoms with Crippen LogP contribution in [0.2, 0.25) is 5.02 Å². The number of esters is 1. The maximum Gasteiger partial charge on any atom is 0.350 e. The van der Waals surface area contributed by atoms with Gasteiger partial charge in [-0.1, -0.05) is 54.1 Å². The van der Waals surface area contributed by atoms with Crippen LogP contribution in [0.25, 0.3) is 10.4 Å². The number of ether oxygens (including phenoxy) is 3. The van der Waals surface area contributed by atoms with Gasteiger partial charge in [-0.25, -0.2) is 19.3 Å². The number of nitrogens with zero attached hydrogens (tertiary/aromatic N) is 2. The molecule has 0 radical (unpaired) electrons. The van der Waals surface area contributed by atoms with Crippen LogP contribution in [0, 0.1) is 0 Å². The second-order valence-electron chi connectivity index (χ2n) is 9.15. The highest BCUT2D eigenvalue weighted by atomic mass is 35.5. The number of rotatable bonds is 7. The van der Waals surface area contributed by atoms with Crippen LogP contribution in [0.4, 0.5) is 15.3 Å². The van der Waals surface area contributed by atoms with Crippen LogP contribution in [-0.2, 0) is 20.8 Å². The first-order valence-electron chi connectivity index (χ1n) is 12.6. The molecule has 0 bridgehead atoms. The topological polar surface area (TPSA) is 123 Å². The van der Waals surface area contributed by atoms with Crippen molar-refractivity contribution in [3.8, 4) is 10.4 Å². The Morgan fingerprint density at radius 2 is 1.93 bits per heavy atom. The van der Waals surface area contributed by atoms with E-state index in [0.29, 0.717) is 29.3 Å². The summed E-state index contributed by atoms with van der Waals surface area (Å²) in [5.74, 6) is -0.505. The van der Waals surface area contributed by atoms with Crippen LogP contribution >= 0.6 is 22.9 Å². The van der Waals surface area contributed by atoms with E-state index in [9.17, 15) is 14.4 Å². The minimum absolute atomic E-state index is 0.0726. The van der Waals surface area contributed by atoms with Crippen molar-refractivity contribution in [3.05, 3.63) is 88.3 Å². The Morgan fingerprint density at radius 1 is 1.15 bits per heavy atom. The molecule has 1 fully saturated rings. The number of anilines is 1. The smallest absolute Gasteiger partial charge is 0.350 e. The number of hydrogen-bond donors (Lipinski definition) is 2. The zero-order chi connectivity index (χ0) is 28.1. The molecule has 1 unspecified atom stereocenters. The molecule has 2 aliphatic rings. The van der Waals surface area contributed by atoms with Crippen LogP contribution in [-0.4, -0.2) is 48.9 Å². The van der Waals surface area contributed by atoms with E-state index in [0.717, 1.165) is 11.1 Å². The summed E-state index contributed by atoms with van der Waals surface area (Å²) in [4.78, 5) is 42.5. The van der Waals surface area contributed by atoms with Gasteiger partial charge in [-0.15, -0.1) is 11.3 Å². The average molecular weight is 583 g/mol. The summed E-state index contributed by atoms with van der Waals surface area (Å²) in [6.07, 6.45) is 2.03. The Balaban J connectivity index is 1.48. The predicted octanol–water partition coefficient (Wildman–Crippen LogP) is 5.29. The van der Waals surface area contributed by atoms with Crippen molar-refractivity contribution in [2.45, 2.75) is 25.5 Å². The number of benzene rings is 2. The molecule has 12 heteroatoms. The first-order chi connectivity index (χ1) is 19.4. The summed E-state index contributed by atoms with van der Waals surface area (Å²) in [5.41, 5.74) is 7.41. The van der Waals surface area contributed by atoms with E-state index >= 15 is 0 Å². The van der Waals surface area contributed by atoms with E-state index in [4.69, 9.17) is 31.5 Å². The van der Waals surface area contributed by atoms with E-state index in [1.165, 1.54) is 27.4 Å². The largest absolute Gasteiger partial charge is 0.459 e. The Labute approximate surface area is 239 Å². The van der Waals surface area contributed by atoms with Gasteiger partial charge >= 0.3 is 18.0 Å². The average Bonchev–Trinajstić information content (AvgIpc) is 3.65. The highest BCUT2D eigenvalue weighted by Crippen LogP contribution is 2.40. The molecule has 3 N–H and O–H groups in total. The molecule has 3 heterocycles. The summed E-state index contributed by atoms with van der Waals surface area (Å²) in [6, 6.07) is 17.2. The lowest BCUT2D eigenvalue weighted by atomic mass is 10.1. The van der Waals surface area contributed by atoms with Gasteiger partial charge < -0.3 is 30.2 Å². The fourth-order valence-corrected chi connectivity index (χ4v) is 5.58. The SMILES string of the molecule is NC(=O)N1CCCC(OC(=O)c2sc(-c3ccc(Cl)cc3)cc2N(C(=O)NCc2ccccc2)C2=COCO2)C1. The number of likely N-dealkylation sites (tertiary alicyclic amines) is 1. The van der Waals surface area contributed by atoms with Gasteiger partial charge in [0.2, 0.25) is 12.7 Å². The van der Waals surface area contributed by atoms with E-state index in [1.807, 2.05) is 42.5 Å². The molecule has 1 aromatic heterocycles. The number of piperidine rings is 1. The molecule has 5 rings (SSSR count). The predicted molar refractivity (Wildman–Crippen MR) is 151 cm³/mol. The molecule has 1 saturated heterocycles. The Bertz CT molecular complexity index is 1410. The lowest BCUT2D eigenvalue weighted by Gasteiger charge is -2.31. The number of hydrogen-bond acceptors (Lipinski definition) is 7. The second-order valence-corrected chi connectivity index (χ2v) is 10.6. The van der Waals surface area contributed by atoms with Crippen molar-refractivity contribution < 1.29 is 28.6 Å². The number of halogens is 1. The molecule has 1 atom stereocenters. The maximum absolute atomic E-state index is 13.6. The van der Waals surface area contributed by atoms with Crippen LogP contribution in [0.5, 0.6) is 0 Å². The molecule has 2 aliphatic heterocycles. The number of nitrogens with two attached hydrogens (primary N) is 1. The number of nitrogens with one attached hydrogen (secondary N) is 1. The lowest BCUT2D eigenvalue weighted by Crippen LogP contribution is -2.46. The van der Waals surface area contributed by atoms with E-state index in [-0.39, 0.29) is 36.3 Å². The van der Waals surface area contributed by atoms with Crippen molar-refractivity contribution >= 4 is 46.7 Å². The van der Waals surface area contributed by atoms with E-state index < -0.39 is 24.1 Å². The van der Waals surface area contributed by atoms with Gasteiger partial charge in [0.25, 0.3) is 0 Å². The molecule has 0 spiro atoms. The third-order valence-corrected chi connectivity index (χ3v) is 7.81. The van der Waals surface area contributed by atoms with E-state index in [1.54, 1.807) is 18.2 Å². The van der Waals surface area contributed by atoms with Crippen molar-refractivity contribution in [3.63, 3.8) is 0 Å². The van der Waals surface area contributed by atoms with Gasteiger partial charge in [0.15, 0.2) is 0 Å². The Hall–Kier alpha value is -4.22. The second kappa shape index (κ2) is 12.3. The monoisotopic (exact) mass is 582 g/mol. The quantitative estimate of drug-likeness (QED) is 0.365. The fourth-order valence-electron chi connectivity index (χ4n) is 4.42. The Kier molecular flexibility index (Phi) is 8.42. The van der Waals surface area contributed by atoms with Gasteiger partial charge in [-0.3, -0.25) is 0 Å². The minimum atomic E-state index is -0.628. The molecule has 2 aromatic carbocycles. The normalized spacial score (nSPS) is 16.4. The summed E-state index contributed by atoms with van der Waals surface area (Å²) < 4.78 is 16.7. The summed E-state index contributed by atoms with van der Waals surface area (Å²) >= 11 is 7.26. The third kappa shape index (κ3) is 6.32. The first kappa shape index (κ1) is 27.4. The molecule has 0 saturated carbocycles. The number of thiophene rings is 1. The number of amides is 4. The van der Waals surface area contributed by atoms with Crippen molar-refractivity contribution in [1.29, 1.82) is 0 Å². The number of carbonyl (C=O) groups excluding carboxylic acids is 3. The molecule has 10 nitrogen and oxygen atoms in total. The summed E-state index contributed by atoms with van der Waals surface area (Å²) in [5, 5.41) is 3.45. The van der Waals surface area contributed by atoms with Gasteiger partial charge in [-0.2, -0.15) is 0 Å². The standard InChI is InChI=1S/C28H27ClN4O6S/c29-20-10-8-19(9-11-20)23-13-22(25(40-23)26(34)39-21-7-4-12-32(15-21)27(30)35)33(24-16-37-17-38-24)28(36)31-14-18-5-2-1-3-6-18/h1-3,5-6,8-11,13,16,21H,4,7,12,14-15,17H2,(H2,30,35)(H,31,36). The van der Waals surface area contributed by atoms with Crippen molar-refractivity contribution in [1.82, 2.24) is 10.2 Å². The van der Waals surface area contributed by atoms with Crippen molar-refractivity contribution in [2.24, 2.45) is 5.73 Å². The molecule has 208 valence electrons. The van der Waals surface area contributed by atoms with Gasteiger partial charge in [-0.05, 0) is 42.2 Å². The number of primary amides is 1. The molecule has 4 amide bonds. The van der Waals surface area contributed by atoms with E-state index in [2.05, 4.69) is 5.32 Å². The lowest BCUT2D eigenvalue weighted by molar-refractivity contribution is 0.0134. The molecule has 40 heavy (non-hydrogen) atoms. The highest BCUT2D eigenvalue weighted by Gasteiger charge is 2.33. The number of urea groups is 2. The van der Waals surface area contributed by atoms with Crippen LogP contribution in [0.1, 0.15) is 28.1 Å². The van der Waals surface area contributed by atoms with Gasteiger partial charge in [0, 0.05) is 23.0 Å². The first-order valence-corrected chi connectivity index (χ1v) is 13.8. The van der Waals surface area contributed by atoms with Crippen LogP contribution in [0.3, 0.4) is 0 Å². The van der Waals surface area contributed by atoms with Crippen molar-refractivity contribution in [2.75, 3.05) is 24.8 Å².